The number of nitrogens with one attached hydrogen (secondary N) is 2. The summed E-state index contributed by atoms with van der Waals surface area (Å²) in [6, 6.07) is 7.19. The van der Waals surface area contributed by atoms with E-state index in [0.717, 1.165) is 16.2 Å². The molecule has 0 bridgehead atoms. The SMILES string of the molecule is Cc1n[nH]c(C)c1S(=O)(=O)Nc1cccc(-c2cn3ccsc3n2)c1. The van der Waals surface area contributed by atoms with Gasteiger partial charge in [-0.1, -0.05) is 12.1 Å². The number of aromatic nitrogens is 4. The Kier molecular flexibility index (Phi) is 3.62. The van der Waals surface area contributed by atoms with Crippen LogP contribution in [0.15, 0.2) is 46.9 Å². The van der Waals surface area contributed by atoms with Crippen LogP contribution in [0.1, 0.15) is 11.4 Å². The number of rotatable bonds is 4. The second-order valence-corrected chi connectivity index (χ2v) is 8.16. The molecule has 3 heterocycles. The molecule has 0 spiro atoms. The van der Waals surface area contributed by atoms with Gasteiger partial charge in [-0.25, -0.2) is 13.4 Å². The van der Waals surface area contributed by atoms with Crippen molar-refractivity contribution in [1.29, 1.82) is 0 Å². The van der Waals surface area contributed by atoms with Gasteiger partial charge in [-0.15, -0.1) is 11.3 Å². The molecule has 2 N–H and O–H groups in total. The van der Waals surface area contributed by atoms with E-state index in [-0.39, 0.29) is 4.90 Å². The van der Waals surface area contributed by atoms with Gasteiger partial charge < -0.3 is 0 Å². The van der Waals surface area contributed by atoms with E-state index in [1.807, 2.05) is 28.2 Å². The standard InChI is InChI=1S/C16H15N5O2S2/c1-10-15(11(2)19-18-10)25(22,23)20-13-5-3-4-12(8-13)14-9-21-6-7-24-16(21)17-14/h3-9,20H,1-2H3,(H,18,19). The van der Waals surface area contributed by atoms with Crippen molar-refractivity contribution in [2.75, 3.05) is 4.72 Å². The van der Waals surface area contributed by atoms with Crippen LogP contribution >= 0.6 is 11.3 Å². The van der Waals surface area contributed by atoms with Crippen molar-refractivity contribution in [3.05, 3.63) is 53.4 Å². The number of anilines is 1. The smallest absolute Gasteiger partial charge is 0.265 e. The number of nitrogens with zero attached hydrogens (tertiary/aromatic N) is 3. The molecule has 1 aromatic carbocycles. The largest absolute Gasteiger partial charge is 0.297 e. The summed E-state index contributed by atoms with van der Waals surface area (Å²) >= 11 is 1.55. The number of thiazole rings is 1. The summed E-state index contributed by atoms with van der Waals surface area (Å²) in [5.41, 5.74) is 3.07. The number of imidazole rings is 1. The van der Waals surface area contributed by atoms with Crippen molar-refractivity contribution >= 4 is 32.0 Å². The average molecular weight is 373 g/mol. The summed E-state index contributed by atoms with van der Waals surface area (Å²) in [4.78, 5) is 5.62. The fourth-order valence-electron chi connectivity index (χ4n) is 2.75. The maximum Gasteiger partial charge on any atom is 0.265 e. The Labute approximate surface area is 148 Å². The van der Waals surface area contributed by atoms with E-state index in [2.05, 4.69) is 19.9 Å². The Hall–Kier alpha value is -2.65. The Morgan fingerprint density at radius 3 is 2.84 bits per heavy atom. The van der Waals surface area contributed by atoms with Crippen molar-refractivity contribution < 1.29 is 8.42 Å². The zero-order valence-corrected chi connectivity index (χ0v) is 15.1. The highest BCUT2D eigenvalue weighted by Crippen LogP contribution is 2.26. The molecule has 128 valence electrons. The quantitative estimate of drug-likeness (QED) is 0.574. The highest BCUT2D eigenvalue weighted by molar-refractivity contribution is 7.92. The molecule has 9 heteroatoms. The number of benzene rings is 1. The predicted octanol–water partition coefficient (Wildman–Crippen LogP) is 3.20. The van der Waals surface area contributed by atoms with Crippen molar-refractivity contribution in [3.63, 3.8) is 0 Å². The molecule has 0 saturated heterocycles. The molecule has 0 amide bonds. The molecule has 0 radical (unpaired) electrons. The Balaban J connectivity index is 1.69. The third-order valence-corrected chi connectivity index (χ3v) is 6.25. The van der Waals surface area contributed by atoms with Gasteiger partial charge in [0.15, 0.2) is 4.96 Å². The molecular formula is C16H15N5O2S2. The molecule has 0 atom stereocenters. The number of hydrogen-bond donors (Lipinski definition) is 2. The molecular weight excluding hydrogens is 358 g/mol. The maximum atomic E-state index is 12.7. The molecule has 0 saturated carbocycles. The lowest BCUT2D eigenvalue weighted by atomic mass is 10.1. The lowest BCUT2D eigenvalue weighted by molar-refractivity contribution is 0.600. The van der Waals surface area contributed by atoms with Crippen LogP contribution in [0, 0.1) is 13.8 Å². The summed E-state index contributed by atoms with van der Waals surface area (Å²) in [5, 5.41) is 8.61. The minimum absolute atomic E-state index is 0.181. The van der Waals surface area contributed by atoms with Crippen molar-refractivity contribution in [1.82, 2.24) is 19.6 Å². The van der Waals surface area contributed by atoms with Gasteiger partial charge in [-0.05, 0) is 26.0 Å². The van der Waals surface area contributed by atoms with Gasteiger partial charge in [0.2, 0.25) is 0 Å². The summed E-state index contributed by atoms with van der Waals surface area (Å²) in [7, 11) is -3.71. The molecule has 0 unspecified atom stereocenters. The molecule has 0 fully saturated rings. The van der Waals surface area contributed by atoms with E-state index in [1.54, 1.807) is 43.4 Å². The Morgan fingerprint density at radius 2 is 2.12 bits per heavy atom. The molecule has 0 aliphatic carbocycles. The summed E-state index contributed by atoms with van der Waals surface area (Å²) in [5.74, 6) is 0. The Bertz CT molecular complexity index is 1120. The highest BCUT2D eigenvalue weighted by atomic mass is 32.2. The van der Waals surface area contributed by atoms with E-state index in [1.165, 1.54) is 0 Å². The van der Waals surface area contributed by atoms with Crippen molar-refractivity contribution in [2.24, 2.45) is 0 Å². The van der Waals surface area contributed by atoms with Crippen LogP contribution in [-0.4, -0.2) is 28.0 Å². The van der Waals surface area contributed by atoms with Gasteiger partial charge in [-0.2, -0.15) is 5.10 Å². The van der Waals surface area contributed by atoms with E-state index in [0.29, 0.717) is 17.1 Å². The number of aryl methyl sites for hydroxylation is 2. The van der Waals surface area contributed by atoms with E-state index >= 15 is 0 Å². The maximum absolute atomic E-state index is 12.7. The van der Waals surface area contributed by atoms with E-state index < -0.39 is 10.0 Å². The molecule has 7 nitrogen and oxygen atoms in total. The fraction of sp³-hybridized carbons (Fsp3) is 0.125. The average Bonchev–Trinajstić information content (AvgIpc) is 3.22. The zero-order valence-electron chi connectivity index (χ0n) is 13.5. The first-order valence-corrected chi connectivity index (χ1v) is 9.87. The summed E-state index contributed by atoms with van der Waals surface area (Å²) < 4.78 is 29.9. The normalized spacial score (nSPS) is 11.9. The van der Waals surface area contributed by atoms with Gasteiger partial charge in [0.1, 0.15) is 4.90 Å². The molecule has 4 aromatic rings. The lowest BCUT2D eigenvalue weighted by Gasteiger charge is -2.09. The molecule has 0 aliphatic rings. The second kappa shape index (κ2) is 5.71. The van der Waals surface area contributed by atoms with Gasteiger partial charge >= 0.3 is 0 Å². The van der Waals surface area contributed by atoms with Gasteiger partial charge in [0, 0.05) is 29.0 Å². The molecule has 4 rings (SSSR count). The first kappa shape index (κ1) is 15.9. The van der Waals surface area contributed by atoms with Gasteiger partial charge in [0.25, 0.3) is 10.0 Å². The van der Waals surface area contributed by atoms with Crippen LogP contribution in [0.25, 0.3) is 16.2 Å². The predicted molar refractivity (Wildman–Crippen MR) is 97.4 cm³/mol. The fourth-order valence-corrected chi connectivity index (χ4v) is 4.87. The Morgan fingerprint density at radius 1 is 1.28 bits per heavy atom. The van der Waals surface area contributed by atoms with Crippen molar-refractivity contribution in [2.45, 2.75) is 18.7 Å². The number of fused-ring (bicyclic) bond motifs is 1. The van der Waals surface area contributed by atoms with Crippen LogP contribution in [0.4, 0.5) is 5.69 Å². The number of sulfonamides is 1. The number of hydrogen-bond acceptors (Lipinski definition) is 5. The molecule has 25 heavy (non-hydrogen) atoms. The third kappa shape index (κ3) is 2.81. The van der Waals surface area contributed by atoms with E-state index in [4.69, 9.17) is 0 Å². The van der Waals surface area contributed by atoms with Crippen molar-refractivity contribution in [3.8, 4) is 11.3 Å². The monoisotopic (exact) mass is 373 g/mol. The highest BCUT2D eigenvalue weighted by Gasteiger charge is 2.22. The first-order valence-electron chi connectivity index (χ1n) is 7.51. The minimum atomic E-state index is -3.71. The van der Waals surface area contributed by atoms with Crippen LogP contribution in [0.2, 0.25) is 0 Å². The molecule has 0 aliphatic heterocycles. The van der Waals surface area contributed by atoms with E-state index in [9.17, 15) is 8.42 Å². The zero-order chi connectivity index (χ0) is 17.6. The number of aromatic amines is 1. The first-order chi connectivity index (χ1) is 11.9. The van der Waals surface area contributed by atoms with Crippen LogP contribution < -0.4 is 4.72 Å². The third-order valence-electron chi connectivity index (χ3n) is 3.83. The number of H-pyrrole nitrogens is 1. The van der Waals surface area contributed by atoms with Crippen LogP contribution in [-0.2, 0) is 10.0 Å². The van der Waals surface area contributed by atoms with Crippen LogP contribution in [0.5, 0.6) is 0 Å². The van der Waals surface area contributed by atoms with Gasteiger partial charge in [-0.3, -0.25) is 14.2 Å². The van der Waals surface area contributed by atoms with Crippen LogP contribution in [0.3, 0.4) is 0 Å². The summed E-state index contributed by atoms with van der Waals surface area (Å²) in [6.07, 6.45) is 3.86. The summed E-state index contributed by atoms with van der Waals surface area (Å²) in [6.45, 7) is 3.34. The lowest BCUT2D eigenvalue weighted by Crippen LogP contribution is -2.14. The molecule has 3 aromatic heterocycles. The van der Waals surface area contributed by atoms with Gasteiger partial charge in [0.05, 0.1) is 17.1 Å². The minimum Gasteiger partial charge on any atom is -0.297 e. The second-order valence-electron chi connectivity index (χ2n) is 5.67. The topological polar surface area (TPSA) is 92.1 Å².